The van der Waals surface area contributed by atoms with Crippen molar-refractivity contribution in [2.75, 3.05) is 47.3 Å². The zero-order valence-corrected chi connectivity index (χ0v) is 16.1. The van der Waals surface area contributed by atoms with Crippen molar-refractivity contribution in [1.29, 1.82) is 0 Å². The summed E-state index contributed by atoms with van der Waals surface area (Å²) in [6.45, 7) is 6.52. The number of likely N-dealkylation sites (N-methyl/N-ethyl adjacent to an activating group) is 1. The molecule has 1 heterocycles. The lowest BCUT2D eigenvalue weighted by Gasteiger charge is -2.32. The number of hydrogen-bond acceptors (Lipinski definition) is 3. The Bertz CT molecular complexity index is 452. The minimum absolute atomic E-state index is 0. The summed E-state index contributed by atoms with van der Waals surface area (Å²) in [7, 11) is 5.84. The minimum Gasteiger partial charge on any atom is -0.359 e. The van der Waals surface area contributed by atoms with Crippen molar-refractivity contribution in [2.45, 2.75) is 13.1 Å². The molecule has 0 aromatic heterocycles. The van der Waals surface area contributed by atoms with Crippen LogP contribution >= 0.6 is 24.0 Å². The minimum atomic E-state index is 0. The zero-order chi connectivity index (χ0) is 15.1. The van der Waals surface area contributed by atoms with Gasteiger partial charge in [0.05, 0.1) is 0 Å². The van der Waals surface area contributed by atoms with Crippen molar-refractivity contribution in [1.82, 2.24) is 20.4 Å². The van der Waals surface area contributed by atoms with Crippen molar-refractivity contribution >= 4 is 29.9 Å². The van der Waals surface area contributed by atoms with E-state index in [1.165, 1.54) is 24.2 Å². The van der Waals surface area contributed by atoms with E-state index in [0.29, 0.717) is 0 Å². The van der Waals surface area contributed by atoms with Crippen molar-refractivity contribution in [3.05, 3.63) is 35.4 Å². The Morgan fingerprint density at radius 3 is 2.23 bits per heavy atom. The van der Waals surface area contributed by atoms with E-state index < -0.39 is 0 Å². The van der Waals surface area contributed by atoms with Gasteiger partial charge in [0.15, 0.2) is 5.96 Å². The van der Waals surface area contributed by atoms with E-state index >= 15 is 0 Å². The highest BCUT2D eigenvalue weighted by atomic mass is 127. The van der Waals surface area contributed by atoms with E-state index in [1.807, 2.05) is 7.05 Å². The third-order valence-electron chi connectivity index (χ3n) is 3.95. The maximum atomic E-state index is 4.11. The fourth-order valence-corrected chi connectivity index (χ4v) is 2.49. The molecule has 1 aliphatic rings. The van der Waals surface area contributed by atoms with Crippen molar-refractivity contribution in [2.24, 2.45) is 4.99 Å². The van der Waals surface area contributed by atoms with Crippen LogP contribution in [0.1, 0.15) is 11.1 Å². The summed E-state index contributed by atoms with van der Waals surface area (Å²) in [5.41, 5.74) is 2.66. The molecule has 0 atom stereocenters. The second-order valence-corrected chi connectivity index (χ2v) is 5.57. The normalized spacial score (nSPS) is 17.0. The first-order chi connectivity index (χ1) is 10.2. The van der Waals surface area contributed by atoms with Gasteiger partial charge in [-0.1, -0.05) is 24.3 Å². The highest BCUT2D eigenvalue weighted by molar-refractivity contribution is 14.0. The van der Waals surface area contributed by atoms with E-state index in [0.717, 1.165) is 32.1 Å². The first-order valence-electron chi connectivity index (χ1n) is 7.58. The van der Waals surface area contributed by atoms with Crippen LogP contribution in [-0.2, 0) is 13.1 Å². The number of aliphatic imine (C=N–C) groups is 1. The van der Waals surface area contributed by atoms with Crippen LogP contribution in [0.5, 0.6) is 0 Å². The number of rotatable bonds is 4. The number of piperazine rings is 1. The van der Waals surface area contributed by atoms with E-state index in [9.17, 15) is 0 Å². The van der Waals surface area contributed by atoms with Gasteiger partial charge >= 0.3 is 0 Å². The smallest absolute Gasteiger partial charge is 0.190 e. The topological polar surface area (TPSA) is 42.9 Å². The van der Waals surface area contributed by atoms with Crippen LogP contribution in [0.2, 0.25) is 0 Å². The standard InChI is InChI=1S/C16H27N5.HI/c1-17-16(18-2)19-12-14-4-6-15(7-5-14)13-21-10-8-20(3)9-11-21;/h4-7H,8-13H2,1-3H3,(H2,17,18,19);1H. The molecular formula is C16H28IN5. The molecule has 6 heteroatoms. The van der Waals surface area contributed by atoms with Crippen LogP contribution in [0.25, 0.3) is 0 Å². The predicted octanol–water partition coefficient (Wildman–Crippen LogP) is 1.35. The monoisotopic (exact) mass is 417 g/mol. The summed E-state index contributed by atoms with van der Waals surface area (Å²) in [6, 6.07) is 8.86. The summed E-state index contributed by atoms with van der Waals surface area (Å²) in [6.07, 6.45) is 0. The van der Waals surface area contributed by atoms with Gasteiger partial charge in [-0.25, -0.2) is 0 Å². The molecule has 124 valence electrons. The zero-order valence-electron chi connectivity index (χ0n) is 13.8. The molecule has 0 saturated carbocycles. The summed E-state index contributed by atoms with van der Waals surface area (Å²) in [5, 5.41) is 6.28. The lowest BCUT2D eigenvalue weighted by molar-refractivity contribution is 0.148. The maximum absolute atomic E-state index is 4.11. The largest absolute Gasteiger partial charge is 0.359 e. The van der Waals surface area contributed by atoms with Gasteiger partial charge in [-0.2, -0.15) is 0 Å². The summed E-state index contributed by atoms with van der Waals surface area (Å²) in [5.74, 6) is 0.816. The second kappa shape index (κ2) is 10.0. The van der Waals surface area contributed by atoms with E-state index in [-0.39, 0.29) is 24.0 Å². The molecule has 0 unspecified atom stereocenters. The van der Waals surface area contributed by atoms with Crippen LogP contribution in [0.3, 0.4) is 0 Å². The van der Waals surface area contributed by atoms with Crippen LogP contribution in [0.4, 0.5) is 0 Å². The molecule has 0 bridgehead atoms. The summed E-state index contributed by atoms with van der Waals surface area (Å²) >= 11 is 0. The lowest BCUT2D eigenvalue weighted by atomic mass is 10.1. The average Bonchev–Trinajstić information content (AvgIpc) is 2.52. The number of nitrogens with zero attached hydrogens (tertiary/aromatic N) is 3. The maximum Gasteiger partial charge on any atom is 0.190 e. The Labute approximate surface area is 151 Å². The molecule has 22 heavy (non-hydrogen) atoms. The van der Waals surface area contributed by atoms with Gasteiger partial charge in [-0.15, -0.1) is 24.0 Å². The van der Waals surface area contributed by atoms with Gasteiger partial charge < -0.3 is 15.5 Å². The summed E-state index contributed by atoms with van der Waals surface area (Å²) < 4.78 is 0. The molecule has 1 fully saturated rings. The van der Waals surface area contributed by atoms with E-state index in [2.05, 4.69) is 56.7 Å². The average molecular weight is 417 g/mol. The molecular weight excluding hydrogens is 389 g/mol. The second-order valence-electron chi connectivity index (χ2n) is 5.57. The van der Waals surface area contributed by atoms with Crippen molar-refractivity contribution in [3.8, 4) is 0 Å². The van der Waals surface area contributed by atoms with Crippen LogP contribution in [0.15, 0.2) is 29.3 Å². The summed E-state index contributed by atoms with van der Waals surface area (Å²) in [4.78, 5) is 9.02. The van der Waals surface area contributed by atoms with E-state index in [1.54, 1.807) is 7.05 Å². The Morgan fingerprint density at radius 1 is 1.09 bits per heavy atom. The van der Waals surface area contributed by atoms with Crippen LogP contribution in [-0.4, -0.2) is 63.1 Å². The Morgan fingerprint density at radius 2 is 1.68 bits per heavy atom. The molecule has 5 nitrogen and oxygen atoms in total. The molecule has 2 N–H and O–H groups in total. The van der Waals surface area contributed by atoms with Gasteiger partial charge in [-0.05, 0) is 18.2 Å². The third-order valence-corrected chi connectivity index (χ3v) is 3.95. The van der Waals surface area contributed by atoms with Gasteiger partial charge in [0.1, 0.15) is 0 Å². The number of hydrogen-bond donors (Lipinski definition) is 2. The van der Waals surface area contributed by atoms with Crippen molar-refractivity contribution in [3.63, 3.8) is 0 Å². The molecule has 0 spiro atoms. The fourth-order valence-electron chi connectivity index (χ4n) is 2.49. The van der Waals surface area contributed by atoms with Crippen LogP contribution in [0, 0.1) is 0 Å². The highest BCUT2D eigenvalue weighted by Gasteiger charge is 2.13. The molecule has 1 aliphatic heterocycles. The molecule has 0 radical (unpaired) electrons. The highest BCUT2D eigenvalue weighted by Crippen LogP contribution is 2.09. The number of benzene rings is 1. The number of guanidine groups is 1. The quantitative estimate of drug-likeness (QED) is 0.441. The van der Waals surface area contributed by atoms with Gasteiger partial charge in [0, 0.05) is 53.4 Å². The third kappa shape index (κ3) is 6.10. The first-order valence-corrected chi connectivity index (χ1v) is 7.58. The Hall–Kier alpha value is -0.860. The molecule has 1 saturated heterocycles. The predicted molar refractivity (Wildman–Crippen MR) is 104 cm³/mol. The molecule has 0 aliphatic carbocycles. The van der Waals surface area contributed by atoms with Gasteiger partial charge in [0.2, 0.25) is 0 Å². The number of halogens is 1. The fraction of sp³-hybridized carbons (Fsp3) is 0.562. The lowest BCUT2D eigenvalue weighted by Crippen LogP contribution is -2.43. The first kappa shape index (κ1) is 19.2. The molecule has 1 aromatic rings. The number of nitrogens with one attached hydrogen (secondary N) is 2. The van der Waals surface area contributed by atoms with Gasteiger partial charge in [-0.3, -0.25) is 9.89 Å². The Kier molecular flexibility index (Phi) is 8.74. The molecule has 1 aromatic carbocycles. The molecule has 2 rings (SSSR count). The van der Waals surface area contributed by atoms with Crippen LogP contribution < -0.4 is 10.6 Å². The molecule has 0 amide bonds. The van der Waals surface area contributed by atoms with Crippen molar-refractivity contribution < 1.29 is 0 Å². The van der Waals surface area contributed by atoms with E-state index in [4.69, 9.17) is 0 Å². The van der Waals surface area contributed by atoms with Gasteiger partial charge in [0.25, 0.3) is 0 Å². The SMILES string of the molecule is CN=C(NC)NCc1ccc(CN2CCN(C)CC2)cc1.I. The Balaban J connectivity index is 0.00000242.